The average molecular weight is 497 g/mol. The number of amides is 2. The van der Waals surface area contributed by atoms with Crippen molar-refractivity contribution in [2.45, 2.75) is 64.0 Å². The molecular weight excluding hydrogens is 464 g/mol. The Hall–Kier alpha value is -3.59. The number of hydrogen-bond acceptors (Lipinski definition) is 6. The molecule has 0 bridgehead atoms. The maximum Gasteiger partial charge on any atom is 0.412 e. The Morgan fingerprint density at radius 3 is 2.17 bits per heavy atom. The Kier molecular flexibility index (Phi) is 6.70. The SMILES string of the molecule is CC(C)(C)OC(=O)N1C[C@@H]([C@H](NC(=O)OCC2c3ccccc3-c3ccccc32)C(=O)O)OC1(C)C. The number of nitrogens with zero attached hydrogens (tertiary/aromatic N) is 1. The summed E-state index contributed by atoms with van der Waals surface area (Å²) in [5.41, 5.74) is 2.44. The third-order valence-corrected chi connectivity index (χ3v) is 6.32. The standard InChI is InChI=1S/C27H32N2O7/c1-26(2,3)36-25(33)29-14-21(35-27(29,4)5)22(23(30)31)28-24(32)34-15-20-18-12-8-6-10-16(18)17-11-7-9-13-19(17)20/h6-13,20-22H,14-15H2,1-5H3,(H,28,32)(H,30,31)/t21-,22-/m0/s1. The highest BCUT2D eigenvalue weighted by atomic mass is 16.6. The molecule has 9 heteroatoms. The molecule has 36 heavy (non-hydrogen) atoms. The molecule has 2 atom stereocenters. The van der Waals surface area contributed by atoms with E-state index in [1.807, 2.05) is 48.5 Å². The van der Waals surface area contributed by atoms with E-state index in [2.05, 4.69) is 5.32 Å². The quantitative estimate of drug-likeness (QED) is 0.632. The lowest BCUT2D eigenvalue weighted by Crippen LogP contribution is -2.50. The highest BCUT2D eigenvalue weighted by Gasteiger charge is 2.49. The summed E-state index contributed by atoms with van der Waals surface area (Å²) >= 11 is 0. The number of carboxylic acid groups (broad SMARTS) is 1. The average Bonchev–Trinajstić information content (AvgIpc) is 3.28. The summed E-state index contributed by atoms with van der Waals surface area (Å²) in [5, 5.41) is 12.2. The lowest BCUT2D eigenvalue weighted by Gasteiger charge is -2.31. The molecule has 0 saturated carbocycles. The lowest BCUT2D eigenvalue weighted by molar-refractivity contribution is -0.145. The van der Waals surface area contributed by atoms with E-state index < -0.39 is 41.6 Å². The van der Waals surface area contributed by atoms with Crippen molar-refractivity contribution in [3.63, 3.8) is 0 Å². The first kappa shape index (κ1) is 25.5. The summed E-state index contributed by atoms with van der Waals surface area (Å²) in [6.07, 6.45) is -2.49. The minimum Gasteiger partial charge on any atom is -0.480 e. The van der Waals surface area contributed by atoms with Gasteiger partial charge in [-0.1, -0.05) is 48.5 Å². The van der Waals surface area contributed by atoms with Crippen LogP contribution in [-0.2, 0) is 19.0 Å². The lowest BCUT2D eigenvalue weighted by atomic mass is 9.98. The molecule has 1 aliphatic carbocycles. The first-order valence-corrected chi connectivity index (χ1v) is 11.9. The normalized spacial score (nSPS) is 19.2. The van der Waals surface area contributed by atoms with E-state index in [4.69, 9.17) is 14.2 Å². The fourth-order valence-corrected chi connectivity index (χ4v) is 4.74. The van der Waals surface area contributed by atoms with Crippen molar-refractivity contribution in [2.24, 2.45) is 0 Å². The fourth-order valence-electron chi connectivity index (χ4n) is 4.74. The van der Waals surface area contributed by atoms with Crippen LogP contribution in [0.15, 0.2) is 48.5 Å². The van der Waals surface area contributed by atoms with Crippen LogP contribution < -0.4 is 5.32 Å². The van der Waals surface area contributed by atoms with Gasteiger partial charge >= 0.3 is 18.2 Å². The van der Waals surface area contributed by atoms with Gasteiger partial charge < -0.3 is 24.6 Å². The third-order valence-electron chi connectivity index (χ3n) is 6.32. The van der Waals surface area contributed by atoms with E-state index >= 15 is 0 Å². The number of carbonyl (C=O) groups is 3. The summed E-state index contributed by atoms with van der Waals surface area (Å²) in [7, 11) is 0. The topological polar surface area (TPSA) is 114 Å². The van der Waals surface area contributed by atoms with Gasteiger partial charge in [-0.3, -0.25) is 4.90 Å². The van der Waals surface area contributed by atoms with Crippen molar-refractivity contribution >= 4 is 18.2 Å². The number of nitrogens with one attached hydrogen (secondary N) is 1. The van der Waals surface area contributed by atoms with Gasteiger partial charge in [0.05, 0.1) is 6.54 Å². The van der Waals surface area contributed by atoms with Crippen LogP contribution in [0.4, 0.5) is 9.59 Å². The molecule has 0 unspecified atom stereocenters. The molecule has 0 aromatic heterocycles. The molecule has 2 N–H and O–H groups in total. The smallest absolute Gasteiger partial charge is 0.412 e. The van der Waals surface area contributed by atoms with Crippen molar-refractivity contribution in [1.82, 2.24) is 10.2 Å². The second-order valence-corrected chi connectivity index (χ2v) is 10.5. The van der Waals surface area contributed by atoms with Crippen LogP contribution >= 0.6 is 0 Å². The number of fused-ring (bicyclic) bond motifs is 3. The minimum atomic E-state index is -1.42. The van der Waals surface area contributed by atoms with Crippen molar-refractivity contribution < 1.29 is 33.7 Å². The molecular formula is C27H32N2O7. The molecule has 2 aromatic carbocycles. The fraction of sp³-hybridized carbons (Fsp3) is 0.444. The number of rotatable bonds is 5. The zero-order valence-electron chi connectivity index (χ0n) is 21.1. The number of hydrogen-bond donors (Lipinski definition) is 2. The highest BCUT2D eigenvalue weighted by molar-refractivity contribution is 5.82. The van der Waals surface area contributed by atoms with Gasteiger partial charge in [-0.05, 0) is 56.9 Å². The van der Waals surface area contributed by atoms with Crippen molar-refractivity contribution in [3.8, 4) is 11.1 Å². The number of alkyl carbamates (subject to hydrolysis) is 1. The summed E-state index contributed by atoms with van der Waals surface area (Å²) in [5.74, 6) is -1.45. The molecule has 2 amide bonds. The zero-order chi connectivity index (χ0) is 26.3. The van der Waals surface area contributed by atoms with Crippen LogP contribution in [0, 0.1) is 0 Å². The maximum absolute atomic E-state index is 12.7. The third kappa shape index (κ3) is 5.16. The Balaban J connectivity index is 1.43. The highest BCUT2D eigenvalue weighted by Crippen LogP contribution is 2.44. The number of ether oxygens (including phenoxy) is 3. The molecule has 1 saturated heterocycles. The second kappa shape index (κ2) is 9.46. The van der Waals surface area contributed by atoms with Crippen LogP contribution in [0.2, 0.25) is 0 Å². The van der Waals surface area contributed by atoms with E-state index in [1.165, 1.54) is 4.90 Å². The Morgan fingerprint density at radius 2 is 1.64 bits per heavy atom. The molecule has 9 nitrogen and oxygen atoms in total. The minimum absolute atomic E-state index is 0.0489. The maximum atomic E-state index is 12.7. The van der Waals surface area contributed by atoms with Crippen LogP contribution in [-0.4, -0.2) is 64.8 Å². The van der Waals surface area contributed by atoms with Gasteiger partial charge in [-0.15, -0.1) is 0 Å². The van der Waals surface area contributed by atoms with Gasteiger partial charge in [-0.25, -0.2) is 14.4 Å². The van der Waals surface area contributed by atoms with Crippen LogP contribution in [0.1, 0.15) is 51.7 Å². The van der Waals surface area contributed by atoms with Crippen LogP contribution in [0.25, 0.3) is 11.1 Å². The Labute approximate surface area is 210 Å². The van der Waals surface area contributed by atoms with E-state index in [9.17, 15) is 19.5 Å². The van der Waals surface area contributed by atoms with Crippen molar-refractivity contribution in [2.75, 3.05) is 13.2 Å². The molecule has 1 fully saturated rings. The van der Waals surface area contributed by atoms with Gasteiger partial charge in [0.1, 0.15) is 24.0 Å². The predicted molar refractivity (Wildman–Crippen MR) is 132 cm³/mol. The second-order valence-electron chi connectivity index (χ2n) is 10.5. The van der Waals surface area contributed by atoms with E-state index in [1.54, 1.807) is 34.6 Å². The molecule has 0 spiro atoms. The van der Waals surface area contributed by atoms with Gasteiger partial charge in [0.25, 0.3) is 0 Å². The summed E-state index contributed by atoms with van der Waals surface area (Å²) in [6.45, 7) is 8.49. The molecule has 1 heterocycles. The Bertz CT molecular complexity index is 1130. The number of carbonyl (C=O) groups excluding carboxylic acids is 2. The van der Waals surface area contributed by atoms with Gasteiger partial charge in [-0.2, -0.15) is 0 Å². The van der Waals surface area contributed by atoms with Crippen molar-refractivity contribution in [3.05, 3.63) is 59.7 Å². The van der Waals surface area contributed by atoms with Gasteiger partial charge in [0, 0.05) is 5.92 Å². The van der Waals surface area contributed by atoms with E-state index in [0.717, 1.165) is 22.3 Å². The van der Waals surface area contributed by atoms with Gasteiger partial charge in [0.15, 0.2) is 6.04 Å². The first-order chi connectivity index (χ1) is 16.9. The summed E-state index contributed by atoms with van der Waals surface area (Å²) in [6, 6.07) is 14.4. The molecule has 2 aromatic rings. The number of aliphatic carboxylic acids is 1. The van der Waals surface area contributed by atoms with Crippen LogP contribution in [0.3, 0.4) is 0 Å². The van der Waals surface area contributed by atoms with Gasteiger partial charge in [0.2, 0.25) is 0 Å². The first-order valence-electron chi connectivity index (χ1n) is 11.9. The largest absolute Gasteiger partial charge is 0.480 e. The van der Waals surface area contributed by atoms with Crippen LogP contribution in [0.5, 0.6) is 0 Å². The zero-order valence-corrected chi connectivity index (χ0v) is 21.1. The van der Waals surface area contributed by atoms with Crippen molar-refractivity contribution in [1.29, 1.82) is 0 Å². The molecule has 192 valence electrons. The Morgan fingerprint density at radius 1 is 1.08 bits per heavy atom. The molecule has 4 rings (SSSR count). The number of benzene rings is 2. The van der Waals surface area contributed by atoms with E-state index in [-0.39, 0.29) is 19.1 Å². The predicted octanol–water partition coefficient (Wildman–Crippen LogP) is 4.35. The molecule has 1 aliphatic heterocycles. The summed E-state index contributed by atoms with van der Waals surface area (Å²) in [4.78, 5) is 38.7. The summed E-state index contributed by atoms with van der Waals surface area (Å²) < 4.78 is 16.8. The molecule has 2 aliphatic rings. The van der Waals surface area contributed by atoms with E-state index in [0.29, 0.717) is 0 Å². The number of carboxylic acids is 1. The molecule has 0 radical (unpaired) electrons. The monoisotopic (exact) mass is 496 g/mol.